The molecule has 4 rings (SSSR count). The second-order valence-corrected chi connectivity index (χ2v) is 7.12. The zero-order valence-corrected chi connectivity index (χ0v) is 14.3. The topological polar surface area (TPSA) is 67.8 Å². The van der Waals surface area contributed by atoms with Gasteiger partial charge in [0.15, 0.2) is 5.13 Å². The van der Waals surface area contributed by atoms with Crippen molar-refractivity contribution in [2.45, 2.75) is 6.92 Å². The van der Waals surface area contributed by atoms with Gasteiger partial charge in [-0.15, -0.1) is 11.3 Å². The monoisotopic (exact) mass is 352 g/mol. The Labute approximate surface area is 146 Å². The van der Waals surface area contributed by atoms with E-state index in [0.717, 1.165) is 20.9 Å². The summed E-state index contributed by atoms with van der Waals surface area (Å²) in [4.78, 5) is 26.3. The van der Waals surface area contributed by atoms with Crippen molar-refractivity contribution in [3.05, 3.63) is 59.2 Å². The minimum atomic E-state index is -0.189. The van der Waals surface area contributed by atoms with E-state index in [2.05, 4.69) is 20.3 Å². The molecule has 1 aromatic carbocycles. The van der Waals surface area contributed by atoms with Crippen LogP contribution in [0, 0.1) is 6.92 Å². The summed E-state index contributed by atoms with van der Waals surface area (Å²) < 4.78 is 1.04. The summed E-state index contributed by atoms with van der Waals surface area (Å²) >= 11 is 2.80. The lowest BCUT2D eigenvalue weighted by Crippen LogP contribution is -2.11. The standard InChI is InChI=1S/C17H12N4OS2/c1-10-14(24-16(19-10)12-7-4-5-9-18-12)15(22)21-17-20-11-6-2-3-8-13(11)23-17/h2-9H,1H3,(H,20,21,22). The number of para-hydroxylation sites is 1. The first-order chi connectivity index (χ1) is 11.7. The quantitative estimate of drug-likeness (QED) is 0.594. The predicted octanol–water partition coefficient (Wildman–Crippen LogP) is 4.38. The van der Waals surface area contributed by atoms with Gasteiger partial charge >= 0.3 is 0 Å². The van der Waals surface area contributed by atoms with Crippen LogP contribution in [-0.2, 0) is 0 Å². The Morgan fingerprint density at radius 3 is 2.67 bits per heavy atom. The summed E-state index contributed by atoms with van der Waals surface area (Å²) in [6, 6.07) is 13.4. The van der Waals surface area contributed by atoms with Gasteiger partial charge in [0.25, 0.3) is 5.91 Å². The second kappa shape index (κ2) is 6.10. The summed E-state index contributed by atoms with van der Waals surface area (Å²) in [7, 11) is 0. The molecule has 0 saturated carbocycles. The maximum atomic E-state index is 12.6. The molecular weight excluding hydrogens is 340 g/mol. The molecule has 0 aliphatic carbocycles. The van der Waals surface area contributed by atoms with Gasteiger partial charge in [-0.2, -0.15) is 0 Å². The van der Waals surface area contributed by atoms with E-state index in [9.17, 15) is 4.79 Å². The highest BCUT2D eigenvalue weighted by atomic mass is 32.1. The lowest BCUT2D eigenvalue weighted by atomic mass is 10.3. The smallest absolute Gasteiger partial charge is 0.269 e. The fraction of sp³-hybridized carbons (Fsp3) is 0.0588. The fourth-order valence-corrected chi connectivity index (χ4v) is 4.08. The number of carbonyl (C=O) groups is 1. The predicted molar refractivity (Wildman–Crippen MR) is 97.7 cm³/mol. The molecule has 0 aliphatic heterocycles. The zero-order valence-electron chi connectivity index (χ0n) is 12.7. The van der Waals surface area contributed by atoms with Crippen LogP contribution >= 0.6 is 22.7 Å². The van der Waals surface area contributed by atoms with E-state index in [-0.39, 0.29) is 5.91 Å². The molecule has 1 amide bonds. The Hall–Kier alpha value is -2.64. The minimum Gasteiger partial charge on any atom is -0.297 e. The number of hydrogen-bond donors (Lipinski definition) is 1. The molecule has 0 spiro atoms. The molecule has 0 radical (unpaired) electrons. The molecule has 4 aromatic rings. The fourth-order valence-electron chi connectivity index (χ4n) is 2.29. The van der Waals surface area contributed by atoms with Crippen molar-refractivity contribution >= 4 is 43.9 Å². The van der Waals surface area contributed by atoms with Crippen LogP contribution in [0.1, 0.15) is 15.4 Å². The van der Waals surface area contributed by atoms with Crippen molar-refractivity contribution in [3.63, 3.8) is 0 Å². The molecule has 118 valence electrons. The van der Waals surface area contributed by atoms with E-state index in [1.54, 1.807) is 6.20 Å². The van der Waals surface area contributed by atoms with E-state index >= 15 is 0 Å². The number of aromatic nitrogens is 3. The van der Waals surface area contributed by atoms with E-state index in [1.807, 2.05) is 49.4 Å². The molecule has 0 fully saturated rings. The number of nitrogens with zero attached hydrogens (tertiary/aromatic N) is 3. The van der Waals surface area contributed by atoms with E-state index in [1.165, 1.54) is 22.7 Å². The van der Waals surface area contributed by atoms with Crippen molar-refractivity contribution in [3.8, 4) is 10.7 Å². The van der Waals surface area contributed by atoms with Gasteiger partial charge in [0.2, 0.25) is 0 Å². The first-order valence-corrected chi connectivity index (χ1v) is 8.90. The van der Waals surface area contributed by atoms with Crippen molar-refractivity contribution < 1.29 is 4.79 Å². The third kappa shape index (κ3) is 2.79. The van der Waals surface area contributed by atoms with Gasteiger partial charge in [-0.3, -0.25) is 15.1 Å². The van der Waals surface area contributed by atoms with Crippen LogP contribution in [0.15, 0.2) is 48.7 Å². The Bertz CT molecular complexity index is 990. The molecule has 7 heteroatoms. The SMILES string of the molecule is Cc1nc(-c2ccccn2)sc1C(=O)Nc1nc2ccccc2s1. The van der Waals surface area contributed by atoms with Gasteiger partial charge in [0.1, 0.15) is 9.88 Å². The lowest BCUT2D eigenvalue weighted by Gasteiger charge is -1.98. The van der Waals surface area contributed by atoms with Crippen molar-refractivity contribution in [1.29, 1.82) is 0 Å². The Morgan fingerprint density at radius 2 is 1.88 bits per heavy atom. The Kier molecular flexibility index (Phi) is 3.79. The summed E-state index contributed by atoms with van der Waals surface area (Å²) in [5.41, 5.74) is 2.34. The molecule has 0 unspecified atom stereocenters. The van der Waals surface area contributed by atoms with Crippen molar-refractivity contribution in [1.82, 2.24) is 15.0 Å². The van der Waals surface area contributed by atoms with Gasteiger partial charge in [-0.05, 0) is 31.2 Å². The Balaban J connectivity index is 1.61. The molecule has 24 heavy (non-hydrogen) atoms. The first kappa shape index (κ1) is 14.9. The van der Waals surface area contributed by atoms with Crippen LogP contribution in [0.3, 0.4) is 0 Å². The number of carbonyl (C=O) groups excluding carboxylic acids is 1. The maximum absolute atomic E-state index is 12.6. The van der Waals surface area contributed by atoms with Crippen LogP contribution < -0.4 is 5.32 Å². The number of anilines is 1. The highest BCUT2D eigenvalue weighted by Crippen LogP contribution is 2.29. The molecule has 5 nitrogen and oxygen atoms in total. The normalized spacial score (nSPS) is 10.9. The third-order valence-electron chi connectivity index (χ3n) is 3.40. The van der Waals surface area contributed by atoms with Gasteiger partial charge in [-0.25, -0.2) is 9.97 Å². The number of pyridine rings is 1. The number of rotatable bonds is 3. The molecule has 0 atom stereocenters. The van der Waals surface area contributed by atoms with Crippen LogP contribution in [0.2, 0.25) is 0 Å². The van der Waals surface area contributed by atoms with Crippen LogP contribution in [0.5, 0.6) is 0 Å². The minimum absolute atomic E-state index is 0.189. The molecule has 0 bridgehead atoms. The summed E-state index contributed by atoms with van der Waals surface area (Å²) in [5.74, 6) is -0.189. The number of amides is 1. The number of benzene rings is 1. The average Bonchev–Trinajstić information content (AvgIpc) is 3.18. The summed E-state index contributed by atoms with van der Waals surface area (Å²) in [6.45, 7) is 1.83. The molecule has 0 saturated heterocycles. The molecular formula is C17H12N4OS2. The highest BCUT2D eigenvalue weighted by molar-refractivity contribution is 7.22. The third-order valence-corrected chi connectivity index (χ3v) is 5.53. The Morgan fingerprint density at radius 1 is 1.04 bits per heavy atom. The van der Waals surface area contributed by atoms with Crippen LogP contribution in [-0.4, -0.2) is 20.9 Å². The zero-order chi connectivity index (χ0) is 16.5. The van der Waals surface area contributed by atoms with Crippen LogP contribution in [0.4, 0.5) is 5.13 Å². The van der Waals surface area contributed by atoms with Gasteiger partial charge < -0.3 is 0 Å². The number of fused-ring (bicyclic) bond motifs is 1. The summed E-state index contributed by atoms with van der Waals surface area (Å²) in [5, 5.41) is 4.20. The largest absolute Gasteiger partial charge is 0.297 e. The van der Waals surface area contributed by atoms with Crippen molar-refractivity contribution in [2.75, 3.05) is 5.32 Å². The van der Waals surface area contributed by atoms with E-state index < -0.39 is 0 Å². The van der Waals surface area contributed by atoms with Crippen molar-refractivity contribution in [2.24, 2.45) is 0 Å². The maximum Gasteiger partial charge on any atom is 0.269 e. The van der Waals surface area contributed by atoms with Gasteiger partial charge in [-0.1, -0.05) is 29.5 Å². The number of aryl methyl sites for hydroxylation is 1. The number of nitrogens with one attached hydrogen (secondary N) is 1. The summed E-state index contributed by atoms with van der Waals surface area (Å²) in [6.07, 6.45) is 1.72. The van der Waals surface area contributed by atoms with Gasteiger partial charge in [0.05, 0.1) is 21.6 Å². The van der Waals surface area contributed by atoms with Gasteiger partial charge in [0, 0.05) is 6.20 Å². The molecule has 3 aromatic heterocycles. The van der Waals surface area contributed by atoms with E-state index in [4.69, 9.17) is 0 Å². The number of thiazole rings is 2. The molecule has 3 heterocycles. The lowest BCUT2D eigenvalue weighted by molar-refractivity contribution is 0.103. The second-order valence-electron chi connectivity index (χ2n) is 5.09. The average molecular weight is 352 g/mol. The number of hydrogen-bond acceptors (Lipinski definition) is 6. The molecule has 0 aliphatic rings. The molecule has 1 N–H and O–H groups in total. The first-order valence-electron chi connectivity index (χ1n) is 7.26. The van der Waals surface area contributed by atoms with Crippen LogP contribution in [0.25, 0.3) is 20.9 Å². The van der Waals surface area contributed by atoms with E-state index in [0.29, 0.717) is 15.7 Å². The highest BCUT2D eigenvalue weighted by Gasteiger charge is 2.18.